The lowest BCUT2D eigenvalue weighted by Crippen LogP contribution is -2.36. The minimum Gasteiger partial charge on any atom is -0.393 e. The highest BCUT2D eigenvalue weighted by molar-refractivity contribution is 7.12. The Labute approximate surface area is 112 Å². The van der Waals surface area contributed by atoms with Crippen molar-refractivity contribution in [3.05, 3.63) is 21.9 Å². The van der Waals surface area contributed by atoms with E-state index in [9.17, 15) is 5.11 Å². The maximum atomic E-state index is 9.25. The number of hydrogen-bond acceptors (Lipinski definition) is 4. The lowest BCUT2D eigenvalue weighted by atomic mass is 9.82. The van der Waals surface area contributed by atoms with Crippen molar-refractivity contribution in [2.24, 2.45) is 5.92 Å². The molecule has 0 unspecified atom stereocenters. The van der Waals surface area contributed by atoms with Gasteiger partial charge in [0, 0.05) is 18.0 Å². The smallest absolute Gasteiger partial charge is 0.104 e. The van der Waals surface area contributed by atoms with Crippen molar-refractivity contribution in [2.75, 3.05) is 20.2 Å². The highest BCUT2D eigenvalue weighted by Gasteiger charge is 2.27. The third-order valence-electron chi connectivity index (χ3n) is 3.16. The van der Waals surface area contributed by atoms with Crippen molar-refractivity contribution in [3.63, 3.8) is 0 Å². The molecule has 0 bridgehead atoms. The second kappa shape index (κ2) is 6.35. The summed E-state index contributed by atoms with van der Waals surface area (Å²) in [5.41, 5.74) is 0. The van der Waals surface area contributed by atoms with Crippen LogP contribution in [0.3, 0.4) is 0 Å². The van der Waals surface area contributed by atoms with E-state index in [0.717, 1.165) is 30.8 Å². The van der Waals surface area contributed by atoms with Gasteiger partial charge in [-0.1, -0.05) is 11.8 Å². The van der Waals surface area contributed by atoms with E-state index < -0.39 is 0 Å². The summed E-state index contributed by atoms with van der Waals surface area (Å²) in [7, 11) is 2.11. The fourth-order valence-electron chi connectivity index (χ4n) is 2.28. The number of hydrogen-bond donors (Lipinski definition) is 2. The van der Waals surface area contributed by atoms with Crippen LogP contribution in [0.5, 0.6) is 0 Å². The Balaban J connectivity index is 1.79. The average molecular weight is 265 g/mol. The van der Waals surface area contributed by atoms with E-state index in [1.54, 1.807) is 11.3 Å². The zero-order valence-corrected chi connectivity index (χ0v) is 11.4. The van der Waals surface area contributed by atoms with Crippen LogP contribution in [0.1, 0.15) is 22.6 Å². The van der Waals surface area contributed by atoms with E-state index in [4.69, 9.17) is 5.11 Å². The molecule has 2 N–H and O–H groups in total. The molecular weight excluding hydrogens is 246 g/mol. The van der Waals surface area contributed by atoms with Crippen LogP contribution in [0.4, 0.5) is 0 Å². The molecular formula is C14H19NO2S. The van der Waals surface area contributed by atoms with Crippen LogP contribution in [0, 0.1) is 17.8 Å². The lowest BCUT2D eigenvalue weighted by Gasteiger charge is -2.34. The molecule has 0 saturated heterocycles. The maximum Gasteiger partial charge on any atom is 0.104 e. The van der Waals surface area contributed by atoms with E-state index in [-0.39, 0.29) is 12.7 Å². The summed E-state index contributed by atoms with van der Waals surface area (Å²) >= 11 is 1.68. The third kappa shape index (κ3) is 3.82. The number of aliphatic hydroxyl groups is 2. The highest BCUT2D eigenvalue weighted by Crippen LogP contribution is 2.28. The number of rotatable bonds is 4. The van der Waals surface area contributed by atoms with E-state index in [1.807, 2.05) is 6.07 Å². The van der Waals surface area contributed by atoms with Crippen molar-refractivity contribution in [1.82, 2.24) is 4.90 Å². The molecule has 0 radical (unpaired) electrons. The molecule has 0 aromatic carbocycles. The average Bonchev–Trinajstić information content (AvgIpc) is 2.72. The quantitative estimate of drug-likeness (QED) is 0.806. The predicted octanol–water partition coefficient (Wildman–Crippen LogP) is 1.29. The van der Waals surface area contributed by atoms with Gasteiger partial charge in [0.1, 0.15) is 6.61 Å². The zero-order valence-electron chi connectivity index (χ0n) is 10.6. The van der Waals surface area contributed by atoms with Crippen LogP contribution >= 0.6 is 11.3 Å². The largest absolute Gasteiger partial charge is 0.393 e. The number of aliphatic hydroxyl groups excluding tert-OH is 2. The first-order chi connectivity index (χ1) is 8.67. The van der Waals surface area contributed by atoms with Gasteiger partial charge in [0.15, 0.2) is 0 Å². The van der Waals surface area contributed by atoms with Gasteiger partial charge >= 0.3 is 0 Å². The summed E-state index contributed by atoms with van der Waals surface area (Å²) in [4.78, 5) is 4.59. The van der Waals surface area contributed by atoms with Crippen molar-refractivity contribution in [1.29, 1.82) is 0 Å². The molecule has 1 aliphatic rings. The predicted molar refractivity (Wildman–Crippen MR) is 73.3 cm³/mol. The SMILES string of the molecule is CN(Cc1ccc(C#CCO)s1)CC1CC(O)C1. The van der Waals surface area contributed by atoms with Gasteiger partial charge in [0.05, 0.1) is 11.0 Å². The minimum absolute atomic E-state index is 0.0644. The van der Waals surface area contributed by atoms with Crippen molar-refractivity contribution in [2.45, 2.75) is 25.5 Å². The summed E-state index contributed by atoms with van der Waals surface area (Å²) in [6.45, 7) is 1.89. The van der Waals surface area contributed by atoms with Crippen LogP contribution < -0.4 is 0 Å². The Hall–Kier alpha value is -0.860. The van der Waals surface area contributed by atoms with E-state index >= 15 is 0 Å². The summed E-state index contributed by atoms with van der Waals surface area (Å²) in [6.07, 6.45) is 1.83. The Morgan fingerprint density at radius 3 is 2.89 bits per heavy atom. The van der Waals surface area contributed by atoms with E-state index in [1.165, 1.54) is 4.88 Å². The van der Waals surface area contributed by atoms with Gasteiger partial charge in [-0.2, -0.15) is 0 Å². The molecule has 4 heteroatoms. The van der Waals surface area contributed by atoms with Crippen molar-refractivity contribution >= 4 is 11.3 Å². The summed E-state index contributed by atoms with van der Waals surface area (Å²) < 4.78 is 0. The molecule has 0 amide bonds. The van der Waals surface area contributed by atoms with Gasteiger partial charge in [-0.15, -0.1) is 11.3 Å². The molecule has 98 valence electrons. The molecule has 1 saturated carbocycles. The molecule has 1 aromatic heterocycles. The summed E-state index contributed by atoms with van der Waals surface area (Å²) in [5.74, 6) is 6.24. The van der Waals surface area contributed by atoms with Crippen LogP contribution in [-0.4, -0.2) is 41.4 Å². The highest BCUT2D eigenvalue weighted by atomic mass is 32.1. The first-order valence-electron chi connectivity index (χ1n) is 6.22. The molecule has 1 aliphatic carbocycles. The lowest BCUT2D eigenvalue weighted by molar-refractivity contribution is 0.0275. The maximum absolute atomic E-state index is 9.25. The monoisotopic (exact) mass is 265 g/mol. The van der Waals surface area contributed by atoms with Gasteiger partial charge in [-0.25, -0.2) is 0 Å². The van der Waals surface area contributed by atoms with Crippen LogP contribution in [-0.2, 0) is 6.54 Å². The Morgan fingerprint density at radius 2 is 2.22 bits per heavy atom. The summed E-state index contributed by atoms with van der Waals surface area (Å²) in [6, 6.07) is 4.10. The molecule has 0 aliphatic heterocycles. The molecule has 2 rings (SSSR count). The normalized spacial score (nSPS) is 22.4. The van der Waals surface area contributed by atoms with Crippen molar-refractivity contribution < 1.29 is 10.2 Å². The molecule has 0 atom stereocenters. The first kappa shape index (κ1) is 13.6. The molecule has 3 nitrogen and oxygen atoms in total. The Bertz CT molecular complexity index is 440. The molecule has 1 heterocycles. The van der Waals surface area contributed by atoms with Crippen LogP contribution in [0.2, 0.25) is 0 Å². The fraction of sp³-hybridized carbons (Fsp3) is 0.571. The van der Waals surface area contributed by atoms with Crippen LogP contribution in [0.15, 0.2) is 12.1 Å². The Kier molecular flexibility index (Phi) is 4.79. The Morgan fingerprint density at radius 1 is 1.44 bits per heavy atom. The van der Waals surface area contributed by atoms with Crippen LogP contribution in [0.25, 0.3) is 0 Å². The second-order valence-electron chi connectivity index (χ2n) is 4.91. The molecule has 18 heavy (non-hydrogen) atoms. The molecule has 1 aromatic rings. The summed E-state index contributed by atoms with van der Waals surface area (Å²) in [5, 5.41) is 17.9. The standard InChI is InChI=1S/C14H19NO2S/c1-15(9-11-7-12(17)8-11)10-14-5-4-13(18-14)3-2-6-16/h4-5,11-12,16-17H,6-10H2,1H3. The van der Waals surface area contributed by atoms with Crippen molar-refractivity contribution in [3.8, 4) is 11.8 Å². The van der Waals surface area contributed by atoms with Gasteiger partial charge < -0.3 is 15.1 Å². The topological polar surface area (TPSA) is 43.7 Å². The first-order valence-corrected chi connectivity index (χ1v) is 7.04. The second-order valence-corrected chi connectivity index (χ2v) is 6.08. The van der Waals surface area contributed by atoms with E-state index in [0.29, 0.717) is 5.92 Å². The molecule has 1 fully saturated rings. The van der Waals surface area contributed by atoms with E-state index in [2.05, 4.69) is 29.9 Å². The minimum atomic E-state index is -0.0862. The number of nitrogens with zero attached hydrogens (tertiary/aromatic N) is 1. The molecule has 0 spiro atoms. The van der Waals surface area contributed by atoms with Gasteiger partial charge in [0.25, 0.3) is 0 Å². The third-order valence-corrected chi connectivity index (χ3v) is 4.14. The van der Waals surface area contributed by atoms with Gasteiger partial charge in [0.2, 0.25) is 0 Å². The number of thiophene rings is 1. The zero-order chi connectivity index (χ0) is 13.0. The fourth-order valence-corrected chi connectivity index (χ4v) is 3.24. The van der Waals surface area contributed by atoms with Gasteiger partial charge in [-0.3, -0.25) is 0 Å². The van der Waals surface area contributed by atoms with Gasteiger partial charge in [-0.05, 0) is 37.9 Å².